The molecular weight excluding hydrogens is 366 g/mol. The first-order valence-corrected chi connectivity index (χ1v) is 6.82. The number of nitrogens with two attached hydrogens (primary N) is 1. The van der Waals surface area contributed by atoms with Crippen molar-refractivity contribution in [2.45, 2.75) is 9.65 Å². The first-order chi connectivity index (χ1) is 8.39. The lowest BCUT2D eigenvalue weighted by atomic mass is 10.1. The molecule has 18 heavy (non-hydrogen) atoms. The number of nitrogens with one attached hydrogen (secondary N) is 1. The van der Waals surface area contributed by atoms with Crippen molar-refractivity contribution in [1.82, 2.24) is 4.98 Å². The van der Waals surface area contributed by atoms with Crippen molar-refractivity contribution in [3.63, 3.8) is 0 Å². The number of H-pyrrole nitrogens is 1. The second-order valence-electron chi connectivity index (χ2n) is 4.09. The summed E-state index contributed by atoms with van der Waals surface area (Å²) in [6.07, 6.45) is 0.420. The van der Waals surface area contributed by atoms with Crippen LogP contribution in [0.4, 0.5) is 5.82 Å². The Balaban J connectivity index is 2.37. The van der Waals surface area contributed by atoms with E-state index < -0.39 is 3.23 Å². The van der Waals surface area contributed by atoms with Crippen LogP contribution in [0.5, 0.6) is 0 Å². The second-order valence-corrected chi connectivity index (χ2v) is 8.19. The van der Waals surface area contributed by atoms with Crippen molar-refractivity contribution < 1.29 is 4.92 Å². The van der Waals surface area contributed by atoms with Crippen LogP contribution in [0, 0.1) is 10.1 Å². The molecule has 2 aromatic rings. The molecule has 0 aliphatic carbocycles. The highest BCUT2D eigenvalue weighted by molar-refractivity contribution is 9.25. The summed E-state index contributed by atoms with van der Waals surface area (Å²) < 4.78 is -0.789. The number of aromatic amines is 1. The van der Waals surface area contributed by atoms with Crippen LogP contribution in [0.3, 0.4) is 0 Å². The summed E-state index contributed by atoms with van der Waals surface area (Å²) >= 11 is 6.66. The first kappa shape index (κ1) is 13.4. The quantitative estimate of drug-likeness (QED) is 0.488. The van der Waals surface area contributed by atoms with Gasteiger partial charge in [-0.1, -0.05) is 50.1 Å². The average molecular weight is 377 g/mol. The number of nitrogens with zero attached hydrogens (tertiary/aromatic N) is 1. The number of nitrogen functional groups attached to an aromatic ring is 1. The van der Waals surface area contributed by atoms with Gasteiger partial charge in [0.2, 0.25) is 6.54 Å². The van der Waals surface area contributed by atoms with E-state index in [9.17, 15) is 10.1 Å². The van der Waals surface area contributed by atoms with Crippen LogP contribution >= 0.6 is 31.9 Å². The Morgan fingerprint density at radius 2 is 2.06 bits per heavy atom. The third-order valence-electron chi connectivity index (χ3n) is 2.64. The van der Waals surface area contributed by atoms with E-state index in [0.717, 1.165) is 16.5 Å². The molecule has 0 amide bonds. The molecule has 1 aromatic carbocycles. The highest BCUT2D eigenvalue weighted by Crippen LogP contribution is 2.35. The van der Waals surface area contributed by atoms with Gasteiger partial charge in [0, 0.05) is 27.8 Å². The summed E-state index contributed by atoms with van der Waals surface area (Å²) in [6.45, 7) is -0.230. The first-order valence-electron chi connectivity index (χ1n) is 5.24. The molecule has 0 unspecified atom stereocenters. The molecule has 0 radical (unpaired) electrons. The zero-order valence-corrected chi connectivity index (χ0v) is 12.5. The van der Waals surface area contributed by atoms with Gasteiger partial charge in [0.1, 0.15) is 9.05 Å². The Kier molecular flexibility index (Phi) is 3.63. The Hall–Kier alpha value is -1.08. The van der Waals surface area contributed by atoms with Crippen LogP contribution in [0.15, 0.2) is 24.3 Å². The Labute approximate surface area is 120 Å². The van der Waals surface area contributed by atoms with Gasteiger partial charge in [-0.3, -0.25) is 10.1 Å². The van der Waals surface area contributed by atoms with Crippen LogP contribution < -0.4 is 5.73 Å². The lowest BCUT2D eigenvalue weighted by Crippen LogP contribution is -2.26. The SMILES string of the molecule is Nc1[nH]c2ccccc2c1CC(Br)(Br)C[N+](=O)[O-]. The number of alkyl halides is 2. The zero-order valence-electron chi connectivity index (χ0n) is 9.32. The number of halogens is 2. The molecule has 5 nitrogen and oxygen atoms in total. The van der Waals surface area contributed by atoms with E-state index in [0.29, 0.717) is 12.2 Å². The fraction of sp³-hybridized carbons (Fsp3) is 0.273. The molecule has 3 N–H and O–H groups in total. The number of rotatable bonds is 4. The normalized spacial score (nSPS) is 11.9. The minimum atomic E-state index is -0.789. The molecule has 0 aliphatic rings. The number of anilines is 1. The zero-order chi connectivity index (χ0) is 13.3. The molecule has 96 valence electrons. The van der Waals surface area contributed by atoms with Crippen LogP contribution in [0.25, 0.3) is 10.9 Å². The van der Waals surface area contributed by atoms with Crippen LogP contribution in [-0.2, 0) is 6.42 Å². The summed E-state index contributed by atoms with van der Waals surface area (Å²) in [4.78, 5) is 13.3. The van der Waals surface area contributed by atoms with Gasteiger partial charge in [0.25, 0.3) is 0 Å². The van der Waals surface area contributed by atoms with E-state index in [4.69, 9.17) is 5.73 Å². The second kappa shape index (κ2) is 4.89. The maximum Gasteiger partial charge on any atom is 0.229 e. The van der Waals surface area contributed by atoms with Gasteiger partial charge in [0.05, 0.1) is 0 Å². The Morgan fingerprint density at radius 1 is 1.39 bits per heavy atom. The highest BCUT2D eigenvalue weighted by atomic mass is 79.9. The van der Waals surface area contributed by atoms with Crippen molar-refractivity contribution in [2.75, 3.05) is 12.3 Å². The number of nitro groups is 1. The molecule has 1 aromatic heterocycles. The fourth-order valence-corrected chi connectivity index (χ4v) is 2.88. The molecule has 0 fully saturated rings. The highest BCUT2D eigenvalue weighted by Gasteiger charge is 2.31. The van der Waals surface area contributed by atoms with Gasteiger partial charge in [-0.2, -0.15) is 0 Å². The predicted molar refractivity (Wildman–Crippen MR) is 78.9 cm³/mol. The third-order valence-corrected chi connectivity index (χ3v) is 3.70. The van der Waals surface area contributed by atoms with Crippen molar-refractivity contribution in [1.29, 1.82) is 0 Å². The van der Waals surface area contributed by atoms with Crippen molar-refractivity contribution in [2.24, 2.45) is 0 Å². The summed E-state index contributed by atoms with van der Waals surface area (Å²) in [5.41, 5.74) is 7.73. The van der Waals surface area contributed by atoms with Gasteiger partial charge >= 0.3 is 0 Å². The number of para-hydroxylation sites is 1. The smallest absolute Gasteiger partial charge is 0.229 e. The molecule has 0 spiro atoms. The maximum absolute atomic E-state index is 10.6. The summed E-state index contributed by atoms with van der Waals surface area (Å²) in [6, 6.07) is 7.69. The minimum absolute atomic E-state index is 0.230. The third kappa shape index (κ3) is 2.84. The summed E-state index contributed by atoms with van der Waals surface area (Å²) in [7, 11) is 0. The lowest BCUT2D eigenvalue weighted by Gasteiger charge is -2.15. The number of aromatic nitrogens is 1. The topological polar surface area (TPSA) is 85.0 Å². The lowest BCUT2D eigenvalue weighted by molar-refractivity contribution is -0.480. The summed E-state index contributed by atoms with van der Waals surface area (Å²) in [5, 5.41) is 11.6. The molecule has 7 heteroatoms. The Bertz CT molecular complexity index is 595. The van der Waals surface area contributed by atoms with Gasteiger partial charge in [-0.05, 0) is 6.07 Å². The van der Waals surface area contributed by atoms with Gasteiger partial charge in [-0.15, -0.1) is 0 Å². The van der Waals surface area contributed by atoms with E-state index in [2.05, 4.69) is 36.8 Å². The molecule has 0 saturated heterocycles. The maximum atomic E-state index is 10.6. The van der Waals surface area contributed by atoms with Crippen molar-refractivity contribution in [3.05, 3.63) is 39.9 Å². The van der Waals surface area contributed by atoms with Crippen molar-refractivity contribution in [3.8, 4) is 0 Å². The van der Waals surface area contributed by atoms with E-state index in [1.807, 2.05) is 24.3 Å². The van der Waals surface area contributed by atoms with Crippen LogP contribution in [-0.4, -0.2) is 19.7 Å². The standard InChI is InChI=1S/C11H11Br2N3O2/c12-11(13,6-16(17)18)5-8-7-3-1-2-4-9(7)15-10(8)14/h1-4,15H,5-6,14H2. The molecule has 1 heterocycles. The Morgan fingerprint density at radius 3 is 2.72 bits per heavy atom. The van der Waals surface area contributed by atoms with Crippen LogP contribution in [0.2, 0.25) is 0 Å². The minimum Gasteiger partial charge on any atom is -0.385 e. The van der Waals surface area contributed by atoms with E-state index in [1.54, 1.807) is 0 Å². The van der Waals surface area contributed by atoms with Gasteiger partial charge in [0.15, 0.2) is 0 Å². The number of fused-ring (bicyclic) bond motifs is 1. The average Bonchev–Trinajstić information content (AvgIpc) is 2.53. The number of hydrogen-bond acceptors (Lipinski definition) is 3. The van der Waals surface area contributed by atoms with Crippen LogP contribution in [0.1, 0.15) is 5.56 Å². The van der Waals surface area contributed by atoms with E-state index >= 15 is 0 Å². The van der Waals surface area contributed by atoms with Gasteiger partial charge < -0.3 is 10.7 Å². The molecule has 2 rings (SSSR count). The molecular formula is C11H11Br2N3O2. The number of benzene rings is 1. The van der Waals surface area contributed by atoms with E-state index in [-0.39, 0.29) is 11.5 Å². The fourth-order valence-electron chi connectivity index (χ4n) is 1.91. The summed E-state index contributed by atoms with van der Waals surface area (Å²) in [5.74, 6) is 0.544. The van der Waals surface area contributed by atoms with E-state index in [1.165, 1.54) is 0 Å². The molecule has 0 saturated carbocycles. The molecule has 0 aliphatic heterocycles. The van der Waals surface area contributed by atoms with Crippen molar-refractivity contribution >= 4 is 48.6 Å². The largest absolute Gasteiger partial charge is 0.385 e. The number of hydrogen-bond donors (Lipinski definition) is 2. The molecule has 0 bridgehead atoms. The predicted octanol–water partition coefficient (Wildman–Crippen LogP) is 3.06. The molecule has 0 atom stereocenters. The van der Waals surface area contributed by atoms with Gasteiger partial charge in [-0.25, -0.2) is 0 Å². The monoisotopic (exact) mass is 375 g/mol.